The molecule has 0 saturated carbocycles. The summed E-state index contributed by atoms with van der Waals surface area (Å²) in [7, 11) is -1.78. The summed E-state index contributed by atoms with van der Waals surface area (Å²) in [5.74, 6) is 1.12. The Bertz CT molecular complexity index is 458. The van der Waals surface area contributed by atoms with Gasteiger partial charge in [0.1, 0.15) is 5.75 Å². The fourth-order valence-corrected chi connectivity index (χ4v) is 2.49. The number of aliphatic hydroxyl groups is 1. The van der Waals surface area contributed by atoms with Gasteiger partial charge < -0.3 is 9.53 Å². The van der Waals surface area contributed by atoms with Crippen molar-refractivity contribution in [3.63, 3.8) is 0 Å². The largest absolute Gasteiger partial charge is 0.543 e. The standard InChI is InChI=1S/C17H28O2Si/c1-14(13-18)10-11-15-8-7-9-16(12-15)19-20(5,6)17(2,3)4/h7-12,14,18H,13H2,1-6H3/b11-10+/t14-/m0/s1. The maximum absolute atomic E-state index is 9.04. The molecule has 1 aromatic rings. The van der Waals surface area contributed by atoms with Gasteiger partial charge in [0.15, 0.2) is 0 Å². The van der Waals surface area contributed by atoms with Gasteiger partial charge in [-0.2, -0.15) is 0 Å². The Kier molecular flexibility index (Phi) is 5.60. The second kappa shape index (κ2) is 6.59. The minimum absolute atomic E-state index is 0.177. The van der Waals surface area contributed by atoms with E-state index in [2.05, 4.69) is 46.0 Å². The fourth-order valence-electron chi connectivity index (χ4n) is 1.47. The third-order valence-electron chi connectivity index (χ3n) is 3.94. The molecule has 1 N–H and O–H groups in total. The van der Waals surface area contributed by atoms with E-state index in [1.54, 1.807) is 0 Å². The van der Waals surface area contributed by atoms with Crippen LogP contribution in [-0.4, -0.2) is 20.0 Å². The van der Waals surface area contributed by atoms with E-state index < -0.39 is 8.32 Å². The van der Waals surface area contributed by atoms with Gasteiger partial charge in [0.05, 0.1) is 0 Å². The van der Waals surface area contributed by atoms with Crippen LogP contribution in [-0.2, 0) is 0 Å². The minimum Gasteiger partial charge on any atom is -0.543 e. The van der Waals surface area contributed by atoms with Crippen molar-refractivity contribution in [2.24, 2.45) is 5.92 Å². The van der Waals surface area contributed by atoms with Gasteiger partial charge in [-0.1, -0.05) is 52.0 Å². The van der Waals surface area contributed by atoms with E-state index in [0.717, 1.165) is 11.3 Å². The van der Waals surface area contributed by atoms with Crippen molar-refractivity contribution in [3.8, 4) is 5.75 Å². The van der Waals surface area contributed by atoms with E-state index in [1.807, 2.05) is 31.2 Å². The molecule has 0 aromatic heterocycles. The van der Waals surface area contributed by atoms with Gasteiger partial charge in [-0.3, -0.25) is 0 Å². The maximum atomic E-state index is 9.04. The van der Waals surface area contributed by atoms with Gasteiger partial charge in [0.25, 0.3) is 0 Å². The van der Waals surface area contributed by atoms with Crippen molar-refractivity contribution in [1.82, 2.24) is 0 Å². The molecule has 0 saturated heterocycles. The predicted octanol–water partition coefficient (Wildman–Crippen LogP) is 4.71. The number of hydrogen-bond donors (Lipinski definition) is 1. The zero-order chi connectivity index (χ0) is 15.4. The molecule has 1 rings (SSSR count). The lowest BCUT2D eigenvalue weighted by Crippen LogP contribution is -2.43. The first-order chi connectivity index (χ1) is 9.15. The minimum atomic E-state index is -1.78. The Labute approximate surface area is 124 Å². The molecule has 0 aliphatic heterocycles. The van der Waals surface area contributed by atoms with E-state index >= 15 is 0 Å². The Morgan fingerprint density at radius 1 is 1.30 bits per heavy atom. The quantitative estimate of drug-likeness (QED) is 0.796. The molecule has 2 nitrogen and oxygen atoms in total. The highest BCUT2D eigenvalue weighted by atomic mass is 28.4. The average molecular weight is 292 g/mol. The lowest BCUT2D eigenvalue weighted by atomic mass is 10.1. The van der Waals surface area contributed by atoms with Crippen LogP contribution in [0.4, 0.5) is 0 Å². The van der Waals surface area contributed by atoms with Gasteiger partial charge in [0.2, 0.25) is 8.32 Å². The Hall–Kier alpha value is -1.06. The molecule has 1 aromatic carbocycles. The third-order valence-corrected chi connectivity index (χ3v) is 8.30. The second-order valence-electron chi connectivity index (χ2n) is 6.95. The van der Waals surface area contributed by atoms with Gasteiger partial charge >= 0.3 is 0 Å². The summed E-state index contributed by atoms with van der Waals surface area (Å²) in [5, 5.41) is 9.24. The SMILES string of the molecule is C[C@@H](/C=C/c1cccc(O[Si](C)(C)C(C)(C)C)c1)CO. The molecule has 20 heavy (non-hydrogen) atoms. The highest BCUT2D eigenvalue weighted by Crippen LogP contribution is 2.37. The van der Waals surface area contributed by atoms with Crippen molar-refractivity contribution in [2.45, 2.75) is 45.8 Å². The molecular weight excluding hydrogens is 264 g/mol. The molecule has 0 bridgehead atoms. The Morgan fingerprint density at radius 2 is 1.95 bits per heavy atom. The summed E-state index contributed by atoms with van der Waals surface area (Å²) in [6, 6.07) is 8.17. The number of benzene rings is 1. The summed E-state index contributed by atoms with van der Waals surface area (Å²) in [6.45, 7) is 13.4. The maximum Gasteiger partial charge on any atom is 0.250 e. The summed E-state index contributed by atoms with van der Waals surface area (Å²) >= 11 is 0. The van der Waals surface area contributed by atoms with Crippen molar-refractivity contribution in [2.75, 3.05) is 6.61 Å². The highest BCUT2D eigenvalue weighted by Gasteiger charge is 2.38. The van der Waals surface area contributed by atoms with Crippen molar-refractivity contribution >= 4 is 14.4 Å². The predicted molar refractivity (Wildman–Crippen MR) is 89.6 cm³/mol. The van der Waals surface area contributed by atoms with Gasteiger partial charge in [-0.15, -0.1) is 0 Å². The average Bonchev–Trinajstić information content (AvgIpc) is 2.34. The molecule has 0 heterocycles. The topological polar surface area (TPSA) is 29.5 Å². The van der Waals surface area contributed by atoms with Crippen LogP contribution in [0.1, 0.15) is 33.3 Å². The van der Waals surface area contributed by atoms with Crippen LogP contribution in [0.25, 0.3) is 6.08 Å². The van der Waals surface area contributed by atoms with Crippen LogP contribution in [0.2, 0.25) is 18.1 Å². The molecule has 1 atom stereocenters. The number of aliphatic hydroxyl groups excluding tert-OH is 1. The molecule has 0 aliphatic rings. The van der Waals surface area contributed by atoms with Gasteiger partial charge in [-0.25, -0.2) is 0 Å². The molecule has 0 fully saturated rings. The van der Waals surface area contributed by atoms with Crippen molar-refractivity contribution in [1.29, 1.82) is 0 Å². The van der Waals surface area contributed by atoms with E-state index in [1.165, 1.54) is 0 Å². The summed E-state index contributed by atoms with van der Waals surface area (Å²) in [4.78, 5) is 0. The van der Waals surface area contributed by atoms with Crippen LogP contribution in [0, 0.1) is 5.92 Å². The van der Waals surface area contributed by atoms with Crippen molar-refractivity contribution < 1.29 is 9.53 Å². The van der Waals surface area contributed by atoms with E-state index in [-0.39, 0.29) is 17.6 Å². The first kappa shape index (κ1) is 17.0. The molecule has 0 radical (unpaired) electrons. The molecular formula is C17H28O2Si. The first-order valence-electron chi connectivity index (χ1n) is 7.24. The first-order valence-corrected chi connectivity index (χ1v) is 10.1. The number of rotatable bonds is 5. The lowest BCUT2D eigenvalue weighted by Gasteiger charge is -2.36. The molecule has 0 aliphatic carbocycles. The zero-order valence-corrected chi connectivity index (χ0v) is 14.6. The molecule has 0 spiro atoms. The molecule has 0 amide bonds. The molecule has 112 valence electrons. The van der Waals surface area contributed by atoms with Crippen molar-refractivity contribution in [3.05, 3.63) is 35.9 Å². The lowest BCUT2D eigenvalue weighted by molar-refractivity contribution is 0.262. The smallest absolute Gasteiger partial charge is 0.250 e. The monoisotopic (exact) mass is 292 g/mol. The van der Waals surface area contributed by atoms with Crippen LogP contribution in [0.15, 0.2) is 30.3 Å². The van der Waals surface area contributed by atoms with Crippen LogP contribution in [0.5, 0.6) is 5.75 Å². The van der Waals surface area contributed by atoms with Gasteiger partial charge in [0, 0.05) is 6.61 Å². The molecule has 0 unspecified atom stereocenters. The van der Waals surface area contributed by atoms with Crippen LogP contribution < -0.4 is 4.43 Å². The van der Waals surface area contributed by atoms with Crippen LogP contribution in [0.3, 0.4) is 0 Å². The normalized spacial score (nSPS) is 14.6. The fraction of sp³-hybridized carbons (Fsp3) is 0.529. The van der Waals surface area contributed by atoms with E-state index in [4.69, 9.17) is 9.53 Å². The summed E-state index contributed by atoms with van der Waals surface area (Å²) in [6.07, 6.45) is 4.06. The highest BCUT2D eigenvalue weighted by molar-refractivity contribution is 6.74. The zero-order valence-electron chi connectivity index (χ0n) is 13.6. The van der Waals surface area contributed by atoms with Crippen LogP contribution >= 0.6 is 0 Å². The Balaban J connectivity index is 2.86. The van der Waals surface area contributed by atoms with E-state index in [0.29, 0.717) is 0 Å². The summed E-state index contributed by atoms with van der Waals surface area (Å²) < 4.78 is 6.30. The second-order valence-corrected chi connectivity index (χ2v) is 11.7. The summed E-state index contributed by atoms with van der Waals surface area (Å²) in [5.41, 5.74) is 1.11. The Morgan fingerprint density at radius 3 is 2.50 bits per heavy atom. The molecule has 3 heteroatoms. The van der Waals surface area contributed by atoms with Gasteiger partial charge in [-0.05, 0) is 41.7 Å². The van der Waals surface area contributed by atoms with E-state index in [9.17, 15) is 0 Å². The number of hydrogen-bond acceptors (Lipinski definition) is 2. The third kappa shape index (κ3) is 4.80.